The van der Waals surface area contributed by atoms with Crippen LogP contribution in [0.2, 0.25) is 0 Å². The van der Waals surface area contributed by atoms with Crippen molar-refractivity contribution in [3.8, 4) is 0 Å². The highest BCUT2D eigenvalue weighted by Gasteiger charge is 2.31. The molecule has 36 heavy (non-hydrogen) atoms. The lowest BCUT2D eigenvalue weighted by molar-refractivity contribution is -0.139. The lowest BCUT2D eigenvalue weighted by Gasteiger charge is -2.27. The molecule has 4 aromatic rings. The second kappa shape index (κ2) is 9.47. The van der Waals surface area contributed by atoms with Crippen molar-refractivity contribution < 1.29 is 14.7 Å². The first kappa shape index (κ1) is 23.6. The Morgan fingerprint density at radius 2 is 1.69 bits per heavy atom. The quantitative estimate of drug-likeness (QED) is 0.209. The highest BCUT2D eigenvalue weighted by Crippen LogP contribution is 2.33. The fourth-order valence-electron chi connectivity index (χ4n) is 5.24. The van der Waals surface area contributed by atoms with Gasteiger partial charge in [-0.2, -0.15) is 0 Å². The van der Waals surface area contributed by atoms with Gasteiger partial charge in [0.05, 0.1) is 5.52 Å². The maximum Gasteiger partial charge on any atom is 0.331 e. The Kier molecular flexibility index (Phi) is 6.20. The molecule has 0 spiro atoms. The number of aromatic nitrogens is 1. The lowest BCUT2D eigenvalue weighted by atomic mass is 9.92. The van der Waals surface area contributed by atoms with Gasteiger partial charge in [-0.3, -0.25) is 10.2 Å². The molecule has 8 nitrogen and oxygen atoms in total. The molecule has 1 aromatic heterocycles. The summed E-state index contributed by atoms with van der Waals surface area (Å²) in [6.45, 7) is 0. The summed E-state index contributed by atoms with van der Waals surface area (Å²) in [7, 11) is 0. The Hall–Kier alpha value is -4.17. The number of carboxylic acid groups (broad SMARTS) is 1. The molecule has 1 saturated carbocycles. The monoisotopic (exact) mass is 483 g/mol. The van der Waals surface area contributed by atoms with E-state index in [1.165, 1.54) is 0 Å². The van der Waals surface area contributed by atoms with Crippen molar-refractivity contribution in [1.82, 2.24) is 9.88 Å². The Bertz CT molecular complexity index is 1480. The number of nitrogens with two attached hydrogens (primary N) is 2. The summed E-state index contributed by atoms with van der Waals surface area (Å²) in [5.41, 5.74) is 13.6. The molecule has 7 N–H and O–H groups in total. The third-order valence-electron chi connectivity index (χ3n) is 7.10. The zero-order valence-corrected chi connectivity index (χ0v) is 19.8. The lowest BCUT2D eigenvalue weighted by Crippen LogP contribution is -2.41. The number of rotatable bonds is 6. The van der Waals surface area contributed by atoms with Crippen LogP contribution >= 0.6 is 0 Å². The first-order valence-electron chi connectivity index (χ1n) is 12.1. The minimum absolute atomic E-state index is 0.0163. The zero-order valence-electron chi connectivity index (χ0n) is 19.8. The van der Waals surface area contributed by atoms with Crippen LogP contribution in [0.15, 0.2) is 66.7 Å². The van der Waals surface area contributed by atoms with Gasteiger partial charge in [-0.15, -0.1) is 0 Å². The van der Waals surface area contributed by atoms with Crippen LogP contribution in [0.4, 0.5) is 0 Å². The van der Waals surface area contributed by atoms with E-state index in [1.807, 2.05) is 36.4 Å². The van der Waals surface area contributed by atoms with E-state index in [9.17, 15) is 14.7 Å². The van der Waals surface area contributed by atoms with Gasteiger partial charge in [0, 0.05) is 23.0 Å². The predicted octanol–water partition coefficient (Wildman–Crippen LogP) is 3.75. The van der Waals surface area contributed by atoms with Crippen LogP contribution in [0.25, 0.3) is 21.7 Å². The minimum atomic E-state index is -1.17. The molecule has 5 rings (SSSR count). The summed E-state index contributed by atoms with van der Waals surface area (Å²) < 4.78 is 1.57. The van der Waals surface area contributed by atoms with Crippen molar-refractivity contribution in [2.45, 2.75) is 43.8 Å². The average molecular weight is 484 g/mol. The van der Waals surface area contributed by atoms with Crippen molar-refractivity contribution in [3.05, 3.63) is 83.6 Å². The molecule has 1 amide bonds. The molecular weight excluding hydrogens is 454 g/mol. The van der Waals surface area contributed by atoms with Crippen LogP contribution in [0, 0.1) is 5.41 Å². The Balaban J connectivity index is 1.69. The van der Waals surface area contributed by atoms with Gasteiger partial charge in [-0.05, 0) is 54.2 Å². The van der Waals surface area contributed by atoms with Gasteiger partial charge in [0.25, 0.3) is 5.91 Å². The van der Waals surface area contributed by atoms with E-state index in [0.717, 1.165) is 36.5 Å². The third-order valence-corrected chi connectivity index (χ3v) is 7.10. The van der Waals surface area contributed by atoms with Gasteiger partial charge in [-0.1, -0.05) is 54.6 Å². The molecule has 8 heteroatoms. The highest BCUT2D eigenvalue weighted by molar-refractivity contribution is 6.04. The van der Waals surface area contributed by atoms with Crippen LogP contribution in [-0.2, 0) is 4.79 Å². The zero-order chi connectivity index (χ0) is 25.4. The fraction of sp³-hybridized carbons (Fsp3) is 0.250. The molecule has 3 aromatic carbocycles. The Morgan fingerprint density at radius 3 is 2.42 bits per heavy atom. The smallest absolute Gasteiger partial charge is 0.331 e. The average Bonchev–Trinajstić information content (AvgIpc) is 3.24. The number of benzene rings is 3. The van der Waals surface area contributed by atoms with Gasteiger partial charge in [0.2, 0.25) is 0 Å². The van der Waals surface area contributed by atoms with Gasteiger partial charge >= 0.3 is 5.97 Å². The maximum absolute atomic E-state index is 13.6. The summed E-state index contributed by atoms with van der Waals surface area (Å²) in [6.07, 6.45) is 3.24. The first-order valence-corrected chi connectivity index (χ1v) is 12.1. The van der Waals surface area contributed by atoms with Crippen molar-refractivity contribution in [3.63, 3.8) is 0 Å². The molecule has 0 saturated heterocycles. The summed E-state index contributed by atoms with van der Waals surface area (Å²) in [4.78, 5) is 26.5. The van der Waals surface area contributed by atoms with Gasteiger partial charge in [0.15, 0.2) is 6.04 Å². The molecular formula is C28H29N5O3. The van der Waals surface area contributed by atoms with Gasteiger partial charge in [0.1, 0.15) is 11.5 Å². The van der Waals surface area contributed by atoms with Crippen molar-refractivity contribution in [1.29, 1.82) is 5.41 Å². The van der Waals surface area contributed by atoms with E-state index in [2.05, 4.69) is 5.32 Å². The van der Waals surface area contributed by atoms with Crippen molar-refractivity contribution in [2.24, 2.45) is 11.5 Å². The number of aliphatic carboxylic acids is 1. The van der Waals surface area contributed by atoms with Crippen LogP contribution in [0.3, 0.4) is 0 Å². The number of amides is 1. The van der Waals surface area contributed by atoms with Gasteiger partial charge in [-0.25, -0.2) is 4.79 Å². The van der Waals surface area contributed by atoms with E-state index in [4.69, 9.17) is 16.9 Å². The Morgan fingerprint density at radius 1 is 0.972 bits per heavy atom. The van der Waals surface area contributed by atoms with Crippen LogP contribution in [-0.4, -0.2) is 39.5 Å². The van der Waals surface area contributed by atoms with Crippen molar-refractivity contribution in [2.75, 3.05) is 0 Å². The number of hydrogen-bond acceptors (Lipinski definition) is 4. The molecule has 1 aliphatic rings. The molecule has 1 unspecified atom stereocenters. The van der Waals surface area contributed by atoms with E-state index < -0.39 is 12.0 Å². The highest BCUT2D eigenvalue weighted by atomic mass is 16.4. The number of carbonyl (C=O) groups excluding carboxylic acids is 1. The number of amidine groups is 1. The van der Waals surface area contributed by atoms with E-state index in [-0.39, 0.29) is 29.5 Å². The third kappa shape index (κ3) is 4.31. The Labute approximate surface area is 208 Å². The second-order valence-corrected chi connectivity index (χ2v) is 9.48. The van der Waals surface area contributed by atoms with Gasteiger partial charge < -0.3 is 26.5 Å². The number of carboxylic acids is 1. The molecule has 1 fully saturated rings. The summed E-state index contributed by atoms with van der Waals surface area (Å²) >= 11 is 0. The molecule has 0 aliphatic heterocycles. The summed E-state index contributed by atoms with van der Waals surface area (Å²) in [6, 6.07) is 18.9. The normalized spacial score (nSPS) is 18.7. The first-order chi connectivity index (χ1) is 17.3. The number of fused-ring (bicyclic) bond motifs is 2. The van der Waals surface area contributed by atoms with E-state index in [1.54, 1.807) is 34.9 Å². The maximum atomic E-state index is 13.6. The van der Waals surface area contributed by atoms with Crippen LogP contribution in [0.1, 0.15) is 53.3 Å². The largest absolute Gasteiger partial charge is 0.479 e. The molecule has 1 heterocycles. The van der Waals surface area contributed by atoms with Crippen LogP contribution in [0.5, 0.6) is 0 Å². The SMILES string of the molecule is N=C(N)c1ccc2cc(C(=O)NC3CCC(N)CC3)n(C(C(=O)O)c3cccc4ccccc34)c2c1. The molecule has 0 bridgehead atoms. The van der Waals surface area contributed by atoms with E-state index in [0.29, 0.717) is 22.0 Å². The number of nitrogen functional groups attached to an aromatic ring is 1. The summed E-state index contributed by atoms with van der Waals surface area (Å²) in [5.74, 6) is -1.55. The number of hydrogen-bond donors (Lipinski definition) is 5. The predicted molar refractivity (Wildman–Crippen MR) is 140 cm³/mol. The topological polar surface area (TPSA) is 147 Å². The molecule has 1 aliphatic carbocycles. The minimum Gasteiger partial charge on any atom is -0.479 e. The standard InChI is InChI=1S/C28H29N5O3/c29-19-10-12-20(13-11-19)32-27(34)24-14-17-8-9-18(26(30)31)15-23(17)33(24)25(28(35)36)22-7-3-5-16-4-1-2-6-21(16)22/h1-9,14-15,19-20,25H,10-13,29H2,(H3,30,31)(H,32,34)(H,35,36). The second-order valence-electron chi connectivity index (χ2n) is 9.48. The molecule has 184 valence electrons. The number of nitrogens with zero attached hydrogens (tertiary/aromatic N) is 1. The summed E-state index contributed by atoms with van der Waals surface area (Å²) in [5, 5.41) is 23.9. The number of carbonyl (C=O) groups is 2. The fourth-order valence-corrected chi connectivity index (χ4v) is 5.24. The van der Waals surface area contributed by atoms with Crippen molar-refractivity contribution >= 4 is 39.4 Å². The molecule has 0 radical (unpaired) electrons. The van der Waals surface area contributed by atoms with Crippen LogP contribution < -0.4 is 16.8 Å². The molecule has 1 atom stereocenters. The van der Waals surface area contributed by atoms with E-state index >= 15 is 0 Å². The number of nitrogens with one attached hydrogen (secondary N) is 2.